The number of carbonyl (C=O) groups excluding carboxylic acids is 4. The third-order valence-electron chi connectivity index (χ3n) is 5.01. The van der Waals surface area contributed by atoms with Crippen molar-refractivity contribution in [2.24, 2.45) is 5.73 Å². The number of benzene rings is 1. The summed E-state index contributed by atoms with van der Waals surface area (Å²) in [6, 6.07) is 5.14. The lowest BCUT2D eigenvalue weighted by molar-refractivity contribution is -0.143. The Balaban J connectivity index is 3.39. The zero-order chi connectivity index (χ0) is 25.9. The number of hydrogen-bond donors (Lipinski definition) is 3. The molecular weight excluding hydrogens is 436 g/mol. The van der Waals surface area contributed by atoms with E-state index in [1.165, 1.54) is 4.90 Å². The Kier molecular flexibility index (Phi) is 11.5. The number of aryl methyl sites for hydroxylation is 1. The molecule has 2 atom stereocenters. The highest BCUT2D eigenvalue weighted by Crippen LogP contribution is 2.26. The van der Waals surface area contributed by atoms with Crippen LogP contribution in [-0.4, -0.2) is 53.4 Å². The highest BCUT2D eigenvalue weighted by Gasteiger charge is 2.37. The molecule has 0 spiro atoms. The summed E-state index contributed by atoms with van der Waals surface area (Å²) in [5, 5.41) is 5.39. The summed E-state index contributed by atoms with van der Waals surface area (Å²) in [4.78, 5) is 52.6. The van der Waals surface area contributed by atoms with Crippen molar-refractivity contribution in [3.63, 3.8) is 0 Å². The van der Waals surface area contributed by atoms with Crippen LogP contribution in [0.4, 0.5) is 4.79 Å². The fourth-order valence-corrected chi connectivity index (χ4v) is 3.49. The van der Waals surface area contributed by atoms with E-state index < -0.39 is 42.0 Å². The van der Waals surface area contributed by atoms with Crippen molar-refractivity contribution < 1.29 is 23.9 Å². The molecule has 0 radical (unpaired) electrons. The third-order valence-corrected chi connectivity index (χ3v) is 5.01. The number of alkyl carbamates (subject to hydrolysis) is 1. The maximum atomic E-state index is 13.7. The van der Waals surface area contributed by atoms with Crippen LogP contribution in [0.25, 0.3) is 0 Å². The summed E-state index contributed by atoms with van der Waals surface area (Å²) in [6.45, 7) is 11.6. The van der Waals surface area contributed by atoms with E-state index in [1.807, 2.05) is 39.0 Å². The maximum absolute atomic E-state index is 13.7. The van der Waals surface area contributed by atoms with Crippen molar-refractivity contribution in [3.05, 3.63) is 35.4 Å². The second-order valence-electron chi connectivity index (χ2n) is 9.30. The van der Waals surface area contributed by atoms with Crippen LogP contribution in [0.1, 0.15) is 77.5 Å². The molecule has 4 N–H and O–H groups in total. The monoisotopic (exact) mass is 476 g/mol. The van der Waals surface area contributed by atoms with Gasteiger partial charge in [0, 0.05) is 13.1 Å². The SMILES string of the molecule is CCCCNC(=O)C(c1ccccc1C)N(CCC)C(=O)C(CC(N)=O)NC(=O)OC(C)(C)C. The average molecular weight is 477 g/mol. The molecule has 190 valence electrons. The molecule has 1 rings (SSSR count). The van der Waals surface area contributed by atoms with E-state index in [-0.39, 0.29) is 12.5 Å². The number of nitrogens with two attached hydrogens (primary N) is 1. The number of carbonyl (C=O) groups is 4. The molecule has 0 heterocycles. The van der Waals surface area contributed by atoms with Crippen molar-refractivity contribution >= 4 is 23.8 Å². The van der Waals surface area contributed by atoms with Gasteiger partial charge in [0.15, 0.2) is 0 Å². The third kappa shape index (κ3) is 9.41. The van der Waals surface area contributed by atoms with Crippen LogP contribution >= 0.6 is 0 Å². The summed E-state index contributed by atoms with van der Waals surface area (Å²) in [7, 11) is 0. The Morgan fingerprint density at radius 3 is 2.26 bits per heavy atom. The van der Waals surface area contributed by atoms with Gasteiger partial charge >= 0.3 is 6.09 Å². The number of nitrogens with one attached hydrogen (secondary N) is 2. The second-order valence-corrected chi connectivity index (χ2v) is 9.30. The molecule has 1 aromatic rings. The first kappa shape index (κ1) is 28.9. The van der Waals surface area contributed by atoms with Gasteiger partial charge in [-0.3, -0.25) is 14.4 Å². The first-order chi connectivity index (χ1) is 15.9. The predicted octanol–water partition coefficient (Wildman–Crippen LogP) is 2.96. The molecule has 9 nitrogen and oxygen atoms in total. The van der Waals surface area contributed by atoms with Gasteiger partial charge in [-0.15, -0.1) is 0 Å². The van der Waals surface area contributed by atoms with E-state index >= 15 is 0 Å². The van der Waals surface area contributed by atoms with Gasteiger partial charge in [0.2, 0.25) is 17.7 Å². The highest BCUT2D eigenvalue weighted by molar-refractivity contribution is 5.94. The normalized spacial score (nSPS) is 12.9. The number of amides is 4. The number of unbranched alkanes of at least 4 members (excludes halogenated alkanes) is 1. The van der Waals surface area contributed by atoms with Gasteiger partial charge < -0.3 is 26.0 Å². The summed E-state index contributed by atoms with van der Waals surface area (Å²) >= 11 is 0. The first-order valence-corrected chi connectivity index (χ1v) is 11.8. The molecular formula is C25H40N4O5. The summed E-state index contributed by atoms with van der Waals surface area (Å²) in [6.07, 6.45) is 1.01. The predicted molar refractivity (Wildman–Crippen MR) is 131 cm³/mol. The van der Waals surface area contributed by atoms with Gasteiger partial charge in [-0.2, -0.15) is 0 Å². The molecule has 0 aliphatic carbocycles. The summed E-state index contributed by atoms with van der Waals surface area (Å²) in [5.41, 5.74) is 6.10. The van der Waals surface area contributed by atoms with E-state index in [1.54, 1.807) is 26.8 Å². The Morgan fingerprint density at radius 1 is 1.09 bits per heavy atom. The van der Waals surface area contributed by atoms with E-state index in [4.69, 9.17) is 10.5 Å². The van der Waals surface area contributed by atoms with E-state index in [9.17, 15) is 19.2 Å². The molecule has 0 saturated heterocycles. The van der Waals surface area contributed by atoms with Crippen molar-refractivity contribution in [2.75, 3.05) is 13.1 Å². The smallest absolute Gasteiger partial charge is 0.408 e. The Bertz CT molecular complexity index is 850. The van der Waals surface area contributed by atoms with Gasteiger partial charge in [-0.25, -0.2) is 4.79 Å². The maximum Gasteiger partial charge on any atom is 0.408 e. The molecule has 1 aromatic carbocycles. The van der Waals surface area contributed by atoms with Crippen LogP contribution in [-0.2, 0) is 19.1 Å². The molecule has 0 aliphatic rings. The molecule has 0 fully saturated rings. The summed E-state index contributed by atoms with van der Waals surface area (Å²) < 4.78 is 5.26. The molecule has 0 bridgehead atoms. The highest BCUT2D eigenvalue weighted by atomic mass is 16.6. The molecule has 4 amide bonds. The zero-order valence-electron chi connectivity index (χ0n) is 21.3. The lowest BCUT2D eigenvalue weighted by Crippen LogP contribution is -2.54. The van der Waals surface area contributed by atoms with Gasteiger partial charge in [-0.05, 0) is 51.7 Å². The van der Waals surface area contributed by atoms with Crippen molar-refractivity contribution in [3.8, 4) is 0 Å². The Morgan fingerprint density at radius 2 is 1.74 bits per heavy atom. The lowest BCUT2D eigenvalue weighted by Gasteiger charge is -2.34. The first-order valence-electron chi connectivity index (χ1n) is 11.8. The van der Waals surface area contributed by atoms with E-state index in [0.717, 1.165) is 18.4 Å². The van der Waals surface area contributed by atoms with Gasteiger partial charge in [-0.1, -0.05) is 44.5 Å². The Labute approximate surface area is 202 Å². The zero-order valence-corrected chi connectivity index (χ0v) is 21.3. The number of primary amides is 1. The standard InChI is InChI=1S/C25H40N4O5/c1-7-9-14-27-22(31)21(18-13-11-10-12-17(18)3)29(15-8-2)23(32)19(16-20(26)30)28-24(33)34-25(4,5)6/h10-13,19,21H,7-9,14-16H2,1-6H3,(H2,26,30)(H,27,31)(H,28,33). The minimum atomic E-state index is -1.27. The Hall–Kier alpha value is -3.10. The number of rotatable bonds is 12. The topological polar surface area (TPSA) is 131 Å². The van der Waals surface area contributed by atoms with Gasteiger partial charge in [0.05, 0.1) is 6.42 Å². The van der Waals surface area contributed by atoms with Crippen LogP contribution in [0, 0.1) is 6.92 Å². The number of hydrogen-bond acceptors (Lipinski definition) is 5. The van der Waals surface area contributed by atoms with Crippen LogP contribution in [0.5, 0.6) is 0 Å². The second kappa shape index (κ2) is 13.6. The van der Waals surface area contributed by atoms with Crippen LogP contribution in [0.15, 0.2) is 24.3 Å². The van der Waals surface area contributed by atoms with Gasteiger partial charge in [0.1, 0.15) is 17.7 Å². The molecule has 0 saturated carbocycles. The molecule has 34 heavy (non-hydrogen) atoms. The van der Waals surface area contributed by atoms with Crippen molar-refractivity contribution in [1.29, 1.82) is 0 Å². The van der Waals surface area contributed by atoms with Gasteiger partial charge in [0.25, 0.3) is 0 Å². The number of ether oxygens (including phenoxy) is 1. The average Bonchev–Trinajstić information content (AvgIpc) is 2.72. The van der Waals surface area contributed by atoms with Crippen LogP contribution in [0.2, 0.25) is 0 Å². The van der Waals surface area contributed by atoms with Crippen LogP contribution in [0.3, 0.4) is 0 Å². The minimum Gasteiger partial charge on any atom is -0.444 e. The largest absolute Gasteiger partial charge is 0.444 e. The molecule has 9 heteroatoms. The quantitative estimate of drug-likeness (QED) is 0.399. The number of nitrogens with zero attached hydrogens (tertiary/aromatic N) is 1. The van der Waals surface area contributed by atoms with E-state index in [2.05, 4.69) is 10.6 Å². The molecule has 2 unspecified atom stereocenters. The summed E-state index contributed by atoms with van der Waals surface area (Å²) in [5.74, 6) is -1.66. The van der Waals surface area contributed by atoms with Crippen molar-refractivity contribution in [1.82, 2.24) is 15.5 Å². The van der Waals surface area contributed by atoms with Crippen molar-refractivity contribution in [2.45, 2.75) is 84.9 Å². The minimum absolute atomic E-state index is 0.240. The lowest BCUT2D eigenvalue weighted by atomic mass is 9.97. The molecule has 0 aliphatic heterocycles. The fourth-order valence-electron chi connectivity index (χ4n) is 3.49. The fraction of sp³-hybridized carbons (Fsp3) is 0.600. The molecule has 0 aromatic heterocycles. The van der Waals surface area contributed by atoms with E-state index in [0.29, 0.717) is 18.5 Å². The van der Waals surface area contributed by atoms with Crippen LogP contribution < -0.4 is 16.4 Å².